The van der Waals surface area contributed by atoms with Gasteiger partial charge in [-0.3, -0.25) is 29.0 Å². The number of benzene rings is 1. The Labute approximate surface area is 234 Å². The number of ether oxygens (including phenoxy) is 1. The predicted octanol–water partition coefficient (Wildman–Crippen LogP) is 0.378. The van der Waals surface area contributed by atoms with Crippen LogP contribution in [0.3, 0.4) is 0 Å². The van der Waals surface area contributed by atoms with Crippen LogP contribution < -0.4 is 5.73 Å². The zero-order chi connectivity index (χ0) is 30.1. The quantitative estimate of drug-likeness (QED) is 0.234. The molecule has 13 heteroatoms. The number of carbonyl (C=O) groups is 5. The van der Waals surface area contributed by atoms with Gasteiger partial charge in [-0.2, -0.15) is 0 Å². The summed E-state index contributed by atoms with van der Waals surface area (Å²) in [6.07, 6.45) is 0.650. The third kappa shape index (κ3) is 4.10. The highest BCUT2D eigenvalue weighted by atomic mass is 16.5. The number of Topliss-reactive ketones (excluding diaryl/α,β-unsaturated/α-hetero) is 3. The van der Waals surface area contributed by atoms with E-state index in [-0.39, 0.29) is 47.7 Å². The number of primary amides is 1. The summed E-state index contributed by atoms with van der Waals surface area (Å²) >= 11 is 0. The molecule has 4 aliphatic rings. The lowest BCUT2D eigenvalue weighted by Gasteiger charge is -2.50. The standard InChI is InChI=1S/C28H31N3O10/c1-30(2)21-15-9-11-8-14-13(17(33)10-31(12-4-5-12)27(39)41-3)6-7-16(32)19(14)22(34)18(11)24(36)28(15,40)25(37)20(23(21)35)26(29)38/h6-7,11-12,15,21,32,34,37,40H,4-5,8-10H2,1-3H3,(H2,29,38)/t11-,15-,21-,28-/m0/s1. The first-order valence-electron chi connectivity index (χ1n) is 13.1. The first-order valence-corrected chi connectivity index (χ1v) is 13.1. The van der Waals surface area contributed by atoms with Crippen molar-refractivity contribution in [3.8, 4) is 5.75 Å². The maximum atomic E-state index is 13.9. The fraction of sp³-hybridized carbons (Fsp3) is 0.464. The second-order valence-electron chi connectivity index (χ2n) is 11.2. The second-order valence-corrected chi connectivity index (χ2v) is 11.2. The third-order valence-corrected chi connectivity index (χ3v) is 8.62. The van der Waals surface area contributed by atoms with Gasteiger partial charge in [0, 0.05) is 23.1 Å². The Balaban J connectivity index is 1.63. The molecule has 0 aromatic heterocycles. The van der Waals surface area contributed by atoms with Crippen LogP contribution in [-0.2, 0) is 25.5 Å². The third-order valence-electron chi connectivity index (χ3n) is 8.62. The maximum absolute atomic E-state index is 13.9. The van der Waals surface area contributed by atoms with E-state index in [9.17, 15) is 44.4 Å². The predicted molar refractivity (Wildman–Crippen MR) is 141 cm³/mol. The largest absolute Gasteiger partial charge is 0.508 e. The molecule has 4 aliphatic carbocycles. The summed E-state index contributed by atoms with van der Waals surface area (Å²) in [5.74, 6) is -8.15. The molecule has 0 bridgehead atoms. The van der Waals surface area contributed by atoms with Crippen molar-refractivity contribution >= 4 is 35.1 Å². The van der Waals surface area contributed by atoms with E-state index in [1.807, 2.05) is 0 Å². The second kappa shape index (κ2) is 9.70. The molecule has 218 valence electrons. The van der Waals surface area contributed by atoms with Gasteiger partial charge in [0.05, 0.1) is 25.3 Å². The summed E-state index contributed by atoms with van der Waals surface area (Å²) in [6, 6.07) is 1.20. The average molecular weight is 570 g/mol. The molecule has 4 atom stereocenters. The molecular weight excluding hydrogens is 538 g/mol. The highest BCUT2D eigenvalue weighted by molar-refractivity contribution is 6.24. The molecule has 13 nitrogen and oxygen atoms in total. The number of aliphatic hydroxyl groups excluding tert-OH is 2. The fourth-order valence-electron chi connectivity index (χ4n) is 6.59. The number of rotatable bonds is 6. The van der Waals surface area contributed by atoms with E-state index in [1.165, 1.54) is 43.1 Å². The minimum Gasteiger partial charge on any atom is -0.508 e. The number of hydrogen-bond donors (Lipinski definition) is 5. The Morgan fingerprint density at radius 3 is 2.34 bits per heavy atom. The summed E-state index contributed by atoms with van der Waals surface area (Å²) in [6.45, 7) is -0.302. The molecule has 0 radical (unpaired) electrons. The number of aromatic hydroxyl groups is 1. The van der Waals surface area contributed by atoms with Gasteiger partial charge in [0.2, 0.25) is 5.78 Å². The number of hydrogen-bond acceptors (Lipinski definition) is 11. The molecule has 1 aromatic rings. The molecule has 5 rings (SSSR count). The molecule has 0 unspecified atom stereocenters. The van der Waals surface area contributed by atoms with Gasteiger partial charge in [-0.15, -0.1) is 0 Å². The molecular formula is C28H31N3O10. The molecule has 0 spiro atoms. The van der Waals surface area contributed by atoms with Crippen molar-refractivity contribution in [1.29, 1.82) is 0 Å². The van der Waals surface area contributed by atoms with Gasteiger partial charge in [0.1, 0.15) is 22.8 Å². The number of phenolic OH excluding ortho intramolecular Hbond substituents is 1. The Bertz CT molecular complexity index is 1470. The molecule has 2 saturated carbocycles. The van der Waals surface area contributed by atoms with Crippen LogP contribution in [0, 0.1) is 11.8 Å². The number of methoxy groups -OCH3 is 1. The first kappa shape index (κ1) is 28.3. The minimum absolute atomic E-state index is 0.0360. The zero-order valence-electron chi connectivity index (χ0n) is 22.7. The number of nitrogens with two attached hydrogens (primary N) is 1. The van der Waals surface area contributed by atoms with E-state index in [2.05, 4.69) is 0 Å². The molecule has 0 heterocycles. The van der Waals surface area contributed by atoms with Gasteiger partial charge in [-0.1, -0.05) is 0 Å². The molecule has 41 heavy (non-hydrogen) atoms. The number of amides is 2. The van der Waals surface area contributed by atoms with Crippen molar-refractivity contribution in [2.45, 2.75) is 43.4 Å². The number of ketones is 3. The molecule has 2 fully saturated rings. The molecule has 0 aliphatic heterocycles. The van der Waals surface area contributed by atoms with Gasteiger partial charge in [0.15, 0.2) is 17.2 Å². The summed E-state index contributed by atoms with van der Waals surface area (Å²) < 4.78 is 4.81. The summed E-state index contributed by atoms with van der Waals surface area (Å²) in [5, 5.41) is 44.6. The Hall–Kier alpha value is -4.23. The van der Waals surface area contributed by atoms with Crippen LogP contribution >= 0.6 is 0 Å². The van der Waals surface area contributed by atoms with Crippen LogP contribution in [0.2, 0.25) is 0 Å². The Morgan fingerprint density at radius 2 is 1.78 bits per heavy atom. The smallest absolute Gasteiger partial charge is 0.410 e. The van der Waals surface area contributed by atoms with Crippen LogP contribution in [0.5, 0.6) is 5.75 Å². The lowest BCUT2D eigenvalue weighted by atomic mass is 9.57. The van der Waals surface area contributed by atoms with E-state index in [4.69, 9.17) is 10.5 Å². The van der Waals surface area contributed by atoms with Crippen LogP contribution in [0.25, 0.3) is 5.76 Å². The summed E-state index contributed by atoms with van der Waals surface area (Å²) in [7, 11) is 4.23. The van der Waals surface area contributed by atoms with Gasteiger partial charge < -0.3 is 30.9 Å². The maximum Gasteiger partial charge on any atom is 0.410 e. The number of carbonyl (C=O) groups excluding carboxylic acids is 5. The number of nitrogens with zero attached hydrogens (tertiary/aromatic N) is 2. The Morgan fingerprint density at radius 1 is 1.12 bits per heavy atom. The summed E-state index contributed by atoms with van der Waals surface area (Å²) in [5.41, 5.74) is 1.54. The monoisotopic (exact) mass is 569 g/mol. The summed E-state index contributed by atoms with van der Waals surface area (Å²) in [4.78, 5) is 67.7. The minimum atomic E-state index is -2.75. The van der Waals surface area contributed by atoms with Crippen LogP contribution in [-0.4, -0.2) is 105 Å². The topological polar surface area (TPSA) is 208 Å². The molecule has 0 saturated heterocycles. The number of likely N-dealkylation sites (N-methyl/N-ethyl adjacent to an activating group) is 1. The highest BCUT2D eigenvalue weighted by Gasteiger charge is 2.64. The van der Waals surface area contributed by atoms with E-state index in [0.29, 0.717) is 0 Å². The van der Waals surface area contributed by atoms with E-state index >= 15 is 0 Å². The fourth-order valence-corrected chi connectivity index (χ4v) is 6.59. The van der Waals surface area contributed by atoms with Gasteiger partial charge in [-0.25, -0.2) is 4.79 Å². The number of phenols is 1. The SMILES string of the molecule is COC(=O)N(CC(=O)c1ccc(O)c2c1C[C@H]1C[C@H]3[C@H](N(C)C)C(=O)C(C(N)=O)=C(O)[C@@]3(O)C(=O)C1=C2O)C1CC1. The van der Waals surface area contributed by atoms with Crippen molar-refractivity contribution in [2.75, 3.05) is 27.7 Å². The van der Waals surface area contributed by atoms with Crippen molar-refractivity contribution in [1.82, 2.24) is 9.80 Å². The van der Waals surface area contributed by atoms with Gasteiger partial charge in [-0.05, 0) is 63.4 Å². The van der Waals surface area contributed by atoms with E-state index in [1.54, 1.807) is 0 Å². The number of aliphatic hydroxyl groups is 3. The zero-order valence-corrected chi connectivity index (χ0v) is 22.7. The van der Waals surface area contributed by atoms with Crippen molar-refractivity contribution in [2.24, 2.45) is 17.6 Å². The van der Waals surface area contributed by atoms with Crippen molar-refractivity contribution in [3.63, 3.8) is 0 Å². The first-order chi connectivity index (χ1) is 19.2. The van der Waals surface area contributed by atoms with E-state index < -0.39 is 75.7 Å². The Kier molecular flexibility index (Phi) is 6.70. The van der Waals surface area contributed by atoms with Crippen LogP contribution in [0.4, 0.5) is 4.79 Å². The number of fused-ring (bicyclic) bond motifs is 3. The molecule has 6 N–H and O–H groups in total. The van der Waals surface area contributed by atoms with Gasteiger partial charge in [0.25, 0.3) is 5.91 Å². The van der Waals surface area contributed by atoms with Crippen LogP contribution in [0.15, 0.2) is 29.0 Å². The van der Waals surface area contributed by atoms with Crippen molar-refractivity contribution < 1.29 is 49.1 Å². The highest BCUT2D eigenvalue weighted by Crippen LogP contribution is 2.53. The molecule has 2 amide bonds. The van der Waals surface area contributed by atoms with Crippen LogP contribution in [0.1, 0.15) is 40.7 Å². The molecule has 1 aromatic carbocycles. The van der Waals surface area contributed by atoms with Crippen molar-refractivity contribution in [3.05, 3.63) is 45.7 Å². The lowest BCUT2D eigenvalue weighted by molar-refractivity contribution is -0.153. The average Bonchev–Trinajstić information content (AvgIpc) is 3.74. The normalized spacial score (nSPS) is 27.3. The van der Waals surface area contributed by atoms with E-state index in [0.717, 1.165) is 12.8 Å². The van der Waals surface area contributed by atoms with Gasteiger partial charge >= 0.3 is 6.09 Å². The lowest BCUT2D eigenvalue weighted by Crippen LogP contribution is -2.65.